The van der Waals surface area contributed by atoms with E-state index >= 15 is 0 Å². The second-order valence-electron chi connectivity index (χ2n) is 5.12. The molecular weight excluding hydrogens is 240 g/mol. The molecule has 2 fully saturated rings. The van der Waals surface area contributed by atoms with Crippen molar-refractivity contribution in [3.63, 3.8) is 0 Å². The molecule has 0 aromatic heterocycles. The number of benzene rings is 1. The van der Waals surface area contributed by atoms with E-state index in [0.29, 0.717) is 6.61 Å². The number of hydrazine groups is 1. The maximum atomic E-state index is 6.10. The van der Waals surface area contributed by atoms with E-state index in [2.05, 4.69) is 34.3 Å². The predicted molar refractivity (Wildman–Crippen MR) is 73.4 cm³/mol. The van der Waals surface area contributed by atoms with Crippen molar-refractivity contribution in [2.24, 2.45) is 0 Å². The van der Waals surface area contributed by atoms with Crippen LogP contribution in [-0.4, -0.2) is 49.1 Å². The fraction of sp³-hybridized carbons (Fsp3) is 0.600. The molecule has 3 rings (SSSR count). The Morgan fingerprint density at radius 2 is 1.89 bits per heavy atom. The first-order chi connectivity index (χ1) is 9.43. The maximum Gasteiger partial charge on any atom is 0.123 e. The molecule has 104 valence electrons. The molecule has 0 aliphatic carbocycles. The average molecular weight is 262 g/mol. The Balaban J connectivity index is 1.54. The van der Waals surface area contributed by atoms with Gasteiger partial charge in [0.15, 0.2) is 0 Å². The van der Waals surface area contributed by atoms with Gasteiger partial charge in [0, 0.05) is 19.6 Å². The van der Waals surface area contributed by atoms with Crippen molar-refractivity contribution in [1.29, 1.82) is 0 Å². The van der Waals surface area contributed by atoms with Crippen LogP contribution in [0.2, 0.25) is 0 Å². The van der Waals surface area contributed by atoms with E-state index in [9.17, 15) is 0 Å². The van der Waals surface area contributed by atoms with Gasteiger partial charge in [-0.05, 0) is 18.4 Å². The van der Waals surface area contributed by atoms with Gasteiger partial charge in [-0.1, -0.05) is 30.3 Å². The van der Waals surface area contributed by atoms with Gasteiger partial charge in [-0.3, -0.25) is 0 Å². The Morgan fingerprint density at radius 3 is 2.68 bits per heavy atom. The molecule has 2 heterocycles. The topological polar surface area (TPSA) is 24.9 Å². The van der Waals surface area contributed by atoms with Gasteiger partial charge in [-0.25, -0.2) is 10.0 Å². The van der Waals surface area contributed by atoms with Crippen molar-refractivity contribution in [1.82, 2.24) is 10.0 Å². The Hall–Kier alpha value is -0.940. The summed E-state index contributed by atoms with van der Waals surface area (Å²) in [7, 11) is 0. The second-order valence-corrected chi connectivity index (χ2v) is 5.12. The summed E-state index contributed by atoms with van der Waals surface area (Å²) in [6, 6.07) is 10.4. The van der Waals surface area contributed by atoms with Gasteiger partial charge in [0.2, 0.25) is 0 Å². The van der Waals surface area contributed by atoms with Gasteiger partial charge in [0.05, 0.1) is 19.8 Å². The smallest absolute Gasteiger partial charge is 0.123 e. The number of hydrogen-bond acceptors (Lipinski definition) is 4. The quantitative estimate of drug-likeness (QED) is 0.827. The highest BCUT2D eigenvalue weighted by Crippen LogP contribution is 2.22. The zero-order chi connectivity index (χ0) is 12.9. The standard InChI is InChI=1S/C15H22N2O2/c1-2-5-14(6-3-1)13-19-15-7-4-8-17(15)16-9-11-18-12-10-16/h1-3,5-6,15H,4,7-13H2. The minimum absolute atomic E-state index is 0.235. The van der Waals surface area contributed by atoms with Crippen molar-refractivity contribution in [3.05, 3.63) is 35.9 Å². The van der Waals surface area contributed by atoms with Crippen molar-refractivity contribution >= 4 is 0 Å². The van der Waals surface area contributed by atoms with Gasteiger partial charge in [0.25, 0.3) is 0 Å². The fourth-order valence-corrected chi connectivity index (χ4v) is 2.79. The summed E-state index contributed by atoms with van der Waals surface area (Å²) in [5.74, 6) is 0. The van der Waals surface area contributed by atoms with Crippen LogP contribution in [0.5, 0.6) is 0 Å². The summed E-state index contributed by atoms with van der Waals surface area (Å²) in [6.07, 6.45) is 2.58. The van der Waals surface area contributed by atoms with E-state index in [1.165, 1.54) is 12.0 Å². The number of rotatable bonds is 4. The lowest BCUT2D eigenvalue weighted by molar-refractivity contribution is -0.171. The summed E-state index contributed by atoms with van der Waals surface area (Å²) in [6.45, 7) is 5.46. The van der Waals surface area contributed by atoms with Crippen molar-refractivity contribution in [3.8, 4) is 0 Å². The van der Waals surface area contributed by atoms with Crippen LogP contribution >= 0.6 is 0 Å². The van der Waals surface area contributed by atoms with Crippen LogP contribution in [-0.2, 0) is 16.1 Å². The molecule has 2 aliphatic rings. The van der Waals surface area contributed by atoms with E-state index < -0.39 is 0 Å². The third kappa shape index (κ3) is 3.34. The molecule has 1 atom stereocenters. The van der Waals surface area contributed by atoms with Crippen LogP contribution in [0, 0.1) is 0 Å². The molecule has 0 N–H and O–H groups in total. The van der Waals surface area contributed by atoms with Gasteiger partial charge in [-0.15, -0.1) is 0 Å². The van der Waals surface area contributed by atoms with Crippen molar-refractivity contribution in [2.75, 3.05) is 32.8 Å². The highest BCUT2D eigenvalue weighted by molar-refractivity contribution is 5.13. The van der Waals surface area contributed by atoms with Crippen LogP contribution in [0.3, 0.4) is 0 Å². The SMILES string of the molecule is c1ccc(COC2CCCN2N2CCOCC2)cc1. The molecule has 1 unspecified atom stereocenters. The number of hydrogen-bond donors (Lipinski definition) is 0. The minimum Gasteiger partial charge on any atom is -0.379 e. The second kappa shape index (κ2) is 6.48. The Kier molecular flexibility index (Phi) is 4.45. The van der Waals surface area contributed by atoms with E-state index in [1.807, 2.05) is 6.07 Å². The zero-order valence-electron chi connectivity index (χ0n) is 11.3. The molecule has 1 aromatic carbocycles. The molecule has 2 aliphatic heterocycles. The normalized spacial score (nSPS) is 25.8. The summed E-state index contributed by atoms with van der Waals surface area (Å²) in [4.78, 5) is 0. The first-order valence-electron chi connectivity index (χ1n) is 7.18. The maximum absolute atomic E-state index is 6.10. The first kappa shape index (κ1) is 13.1. The highest BCUT2D eigenvalue weighted by atomic mass is 16.5. The van der Waals surface area contributed by atoms with Crippen LogP contribution in [0.15, 0.2) is 30.3 Å². The highest BCUT2D eigenvalue weighted by Gasteiger charge is 2.30. The zero-order valence-corrected chi connectivity index (χ0v) is 11.3. The van der Waals surface area contributed by atoms with Gasteiger partial charge in [0.1, 0.15) is 6.23 Å². The van der Waals surface area contributed by atoms with Gasteiger partial charge in [-0.2, -0.15) is 0 Å². The van der Waals surface area contributed by atoms with Crippen molar-refractivity contribution < 1.29 is 9.47 Å². The lowest BCUT2D eigenvalue weighted by Gasteiger charge is -2.38. The van der Waals surface area contributed by atoms with Crippen LogP contribution < -0.4 is 0 Å². The summed E-state index contributed by atoms with van der Waals surface area (Å²) >= 11 is 0. The molecule has 19 heavy (non-hydrogen) atoms. The van der Waals surface area contributed by atoms with E-state index in [0.717, 1.165) is 39.3 Å². The van der Waals surface area contributed by atoms with Crippen LogP contribution in [0.25, 0.3) is 0 Å². The third-order valence-electron chi connectivity index (χ3n) is 3.81. The van der Waals surface area contributed by atoms with Gasteiger partial charge < -0.3 is 9.47 Å². The first-order valence-corrected chi connectivity index (χ1v) is 7.18. The molecule has 0 radical (unpaired) electrons. The molecular formula is C15H22N2O2. The molecule has 1 aromatic rings. The summed E-state index contributed by atoms with van der Waals surface area (Å²) < 4.78 is 11.5. The lowest BCUT2D eigenvalue weighted by Crippen LogP contribution is -2.51. The summed E-state index contributed by atoms with van der Waals surface area (Å²) in [5, 5.41) is 4.79. The Labute approximate surface area is 114 Å². The van der Waals surface area contributed by atoms with Gasteiger partial charge >= 0.3 is 0 Å². The van der Waals surface area contributed by atoms with Crippen molar-refractivity contribution in [2.45, 2.75) is 25.7 Å². The van der Waals surface area contributed by atoms with E-state index in [4.69, 9.17) is 9.47 Å². The number of ether oxygens (including phenoxy) is 2. The van der Waals surface area contributed by atoms with E-state index in [1.54, 1.807) is 0 Å². The predicted octanol–water partition coefficient (Wildman–Crippen LogP) is 1.87. The largest absolute Gasteiger partial charge is 0.379 e. The monoisotopic (exact) mass is 262 g/mol. The molecule has 4 nitrogen and oxygen atoms in total. The molecule has 4 heteroatoms. The number of morpholine rings is 1. The minimum atomic E-state index is 0.235. The molecule has 0 amide bonds. The van der Waals surface area contributed by atoms with Crippen LogP contribution in [0.1, 0.15) is 18.4 Å². The van der Waals surface area contributed by atoms with Crippen LogP contribution in [0.4, 0.5) is 0 Å². The Bertz CT molecular complexity index is 379. The summed E-state index contributed by atoms with van der Waals surface area (Å²) in [5.41, 5.74) is 1.25. The van der Waals surface area contributed by atoms with E-state index in [-0.39, 0.29) is 6.23 Å². The molecule has 0 bridgehead atoms. The number of nitrogens with zero attached hydrogens (tertiary/aromatic N) is 2. The third-order valence-corrected chi connectivity index (χ3v) is 3.81. The lowest BCUT2D eigenvalue weighted by atomic mass is 10.2. The molecule has 0 spiro atoms. The Morgan fingerprint density at radius 1 is 1.11 bits per heavy atom. The fourth-order valence-electron chi connectivity index (χ4n) is 2.79. The molecule has 2 saturated heterocycles. The molecule has 0 saturated carbocycles. The average Bonchev–Trinajstić information content (AvgIpc) is 2.95.